The van der Waals surface area contributed by atoms with E-state index in [4.69, 9.17) is 0 Å². The maximum Gasteiger partial charge on any atom is 0.257 e. The number of hydrogen-bond acceptors (Lipinski definition) is 3. The fourth-order valence-electron chi connectivity index (χ4n) is 3.49. The van der Waals surface area contributed by atoms with Gasteiger partial charge in [-0.25, -0.2) is 0 Å². The quantitative estimate of drug-likeness (QED) is 0.682. The average Bonchev–Trinajstić information content (AvgIpc) is 3.17. The molecular weight excluding hydrogens is 378 g/mol. The zero-order valence-corrected chi connectivity index (χ0v) is 16.2. The Morgan fingerprint density at radius 1 is 0.800 bits per heavy atom. The summed E-state index contributed by atoms with van der Waals surface area (Å²) in [6, 6.07) is 25.2. The van der Waals surface area contributed by atoms with Crippen molar-refractivity contribution in [2.24, 2.45) is 5.92 Å². The summed E-state index contributed by atoms with van der Waals surface area (Å²) < 4.78 is 0. The number of carbonyl (C=O) groups excluding carboxylic acids is 3. The first-order chi connectivity index (χ1) is 14.6. The van der Waals surface area contributed by atoms with Gasteiger partial charge in [0.1, 0.15) is 0 Å². The molecule has 3 amide bonds. The third kappa shape index (κ3) is 4.22. The van der Waals surface area contributed by atoms with Crippen molar-refractivity contribution >= 4 is 34.8 Å². The third-order valence-electron chi connectivity index (χ3n) is 5.02. The number of amides is 3. The van der Waals surface area contributed by atoms with Crippen molar-refractivity contribution in [3.05, 3.63) is 90.5 Å². The second-order valence-electron chi connectivity index (χ2n) is 7.10. The van der Waals surface area contributed by atoms with Crippen molar-refractivity contribution in [3.8, 4) is 0 Å². The van der Waals surface area contributed by atoms with E-state index in [0.29, 0.717) is 23.5 Å². The maximum absolute atomic E-state index is 12.8. The molecule has 6 heteroatoms. The van der Waals surface area contributed by atoms with Crippen LogP contribution in [0.4, 0.5) is 17.1 Å². The zero-order valence-electron chi connectivity index (χ0n) is 16.2. The van der Waals surface area contributed by atoms with Gasteiger partial charge in [-0.1, -0.05) is 48.5 Å². The summed E-state index contributed by atoms with van der Waals surface area (Å²) in [7, 11) is 0. The van der Waals surface area contributed by atoms with Crippen molar-refractivity contribution in [2.45, 2.75) is 6.42 Å². The van der Waals surface area contributed by atoms with Gasteiger partial charge in [-0.3, -0.25) is 14.4 Å². The Hall–Kier alpha value is -3.93. The van der Waals surface area contributed by atoms with Gasteiger partial charge in [0.05, 0.1) is 17.2 Å². The molecule has 3 aromatic carbocycles. The first-order valence-electron chi connectivity index (χ1n) is 9.73. The van der Waals surface area contributed by atoms with E-state index in [2.05, 4.69) is 10.6 Å². The summed E-state index contributed by atoms with van der Waals surface area (Å²) in [6.07, 6.45) is 0.138. The summed E-state index contributed by atoms with van der Waals surface area (Å²) in [6.45, 7) is 0.313. The summed E-state index contributed by atoms with van der Waals surface area (Å²) >= 11 is 0. The molecule has 6 nitrogen and oxygen atoms in total. The number of carbonyl (C=O) groups is 3. The SMILES string of the molecule is O=C(Nc1ccccc1)c1ccccc1NC(=O)C1CC(=O)N(c2ccccc2)C1. The van der Waals surface area contributed by atoms with Gasteiger partial charge in [0.2, 0.25) is 11.8 Å². The highest BCUT2D eigenvalue weighted by atomic mass is 16.2. The summed E-state index contributed by atoms with van der Waals surface area (Å²) in [5.74, 6) is -1.16. The highest BCUT2D eigenvalue weighted by Crippen LogP contribution is 2.26. The Balaban J connectivity index is 1.46. The molecule has 0 bridgehead atoms. The van der Waals surface area contributed by atoms with Gasteiger partial charge in [-0.2, -0.15) is 0 Å². The number of nitrogens with one attached hydrogen (secondary N) is 2. The number of para-hydroxylation sites is 3. The lowest BCUT2D eigenvalue weighted by Gasteiger charge is -2.17. The first kappa shape index (κ1) is 19.4. The van der Waals surface area contributed by atoms with Crippen LogP contribution < -0.4 is 15.5 Å². The molecule has 1 aliphatic heterocycles. The molecule has 30 heavy (non-hydrogen) atoms. The van der Waals surface area contributed by atoms with Crippen molar-refractivity contribution in [3.63, 3.8) is 0 Å². The molecule has 0 saturated carbocycles. The summed E-state index contributed by atoms with van der Waals surface area (Å²) in [5.41, 5.74) is 2.23. The van der Waals surface area contributed by atoms with Crippen LogP contribution in [0, 0.1) is 5.92 Å². The van der Waals surface area contributed by atoms with E-state index in [0.717, 1.165) is 5.69 Å². The minimum Gasteiger partial charge on any atom is -0.325 e. The number of hydrogen-bond donors (Lipinski definition) is 2. The topological polar surface area (TPSA) is 78.5 Å². The second kappa shape index (κ2) is 8.61. The second-order valence-corrected chi connectivity index (χ2v) is 7.10. The Kier molecular flexibility index (Phi) is 5.57. The van der Waals surface area contributed by atoms with Gasteiger partial charge in [0, 0.05) is 24.3 Å². The Morgan fingerprint density at radius 3 is 2.17 bits per heavy atom. The van der Waals surface area contributed by atoms with E-state index in [1.807, 2.05) is 48.5 Å². The molecular formula is C24H21N3O3. The number of nitrogens with zero attached hydrogens (tertiary/aromatic N) is 1. The number of anilines is 3. The van der Waals surface area contributed by atoms with Gasteiger partial charge in [-0.05, 0) is 36.4 Å². The zero-order chi connectivity index (χ0) is 20.9. The van der Waals surface area contributed by atoms with Crippen LogP contribution in [0.25, 0.3) is 0 Å². The molecule has 0 aliphatic carbocycles. The van der Waals surface area contributed by atoms with Crippen molar-refractivity contribution in [1.29, 1.82) is 0 Å². The molecule has 1 saturated heterocycles. The molecule has 150 valence electrons. The van der Waals surface area contributed by atoms with Crippen LogP contribution in [0.1, 0.15) is 16.8 Å². The van der Waals surface area contributed by atoms with Gasteiger partial charge in [-0.15, -0.1) is 0 Å². The largest absolute Gasteiger partial charge is 0.325 e. The molecule has 1 aliphatic rings. The monoisotopic (exact) mass is 399 g/mol. The summed E-state index contributed by atoms with van der Waals surface area (Å²) in [5, 5.41) is 5.66. The molecule has 1 heterocycles. The average molecular weight is 399 g/mol. The minimum absolute atomic E-state index is 0.0866. The number of rotatable bonds is 5. The summed E-state index contributed by atoms with van der Waals surface area (Å²) in [4.78, 5) is 39.6. The number of benzene rings is 3. The lowest BCUT2D eigenvalue weighted by atomic mass is 10.1. The van der Waals surface area contributed by atoms with Gasteiger partial charge in [0.15, 0.2) is 0 Å². The standard InChI is InChI=1S/C24H21N3O3/c28-22-15-17(16-27(22)19-11-5-2-6-12-19)23(29)26-21-14-8-7-13-20(21)24(30)25-18-9-3-1-4-10-18/h1-14,17H,15-16H2,(H,25,30)(H,26,29). The van der Waals surface area contributed by atoms with Crippen LogP contribution in [0.5, 0.6) is 0 Å². The predicted octanol–water partition coefficient (Wildman–Crippen LogP) is 3.93. The molecule has 3 aromatic rings. The van der Waals surface area contributed by atoms with Gasteiger partial charge < -0.3 is 15.5 Å². The molecule has 1 unspecified atom stereocenters. The van der Waals surface area contributed by atoms with Crippen LogP contribution in [0.15, 0.2) is 84.9 Å². The smallest absolute Gasteiger partial charge is 0.257 e. The lowest BCUT2D eigenvalue weighted by Crippen LogP contribution is -2.28. The van der Waals surface area contributed by atoms with E-state index in [1.165, 1.54) is 0 Å². The first-order valence-corrected chi connectivity index (χ1v) is 9.73. The van der Waals surface area contributed by atoms with Crippen LogP contribution in [-0.4, -0.2) is 24.3 Å². The van der Waals surface area contributed by atoms with Crippen molar-refractivity contribution in [2.75, 3.05) is 22.1 Å². The molecule has 0 spiro atoms. The maximum atomic E-state index is 12.8. The molecule has 0 aromatic heterocycles. The Labute approximate surface area is 174 Å². The van der Waals surface area contributed by atoms with Crippen LogP contribution in [0.2, 0.25) is 0 Å². The van der Waals surface area contributed by atoms with Crippen LogP contribution in [-0.2, 0) is 9.59 Å². The van der Waals surface area contributed by atoms with E-state index in [9.17, 15) is 14.4 Å². The van der Waals surface area contributed by atoms with Crippen molar-refractivity contribution in [1.82, 2.24) is 0 Å². The lowest BCUT2D eigenvalue weighted by molar-refractivity contribution is -0.122. The Morgan fingerprint density at radius 2 is 1.43 bits per heavy atom. The third-order valence-corrected chi connectivity index (χ3v) is 5.02. The van der Waals surface area contributed by atoms with Gasteiger partial charge >= 0.3 is 0 Å². The fraction of sp³-hybridized carbons (Fsp3) is 0.125. The molecule has 1 atom stereocenters. The van der Waals surface area contributed by atoms with Gasteiger partial charge in [0.25, 0.3) is 5.91 Å². The highest BCUT2D eigenvalue weighted by molar-refractivity contribution is 6.11. The molecule has 4 rings (SSSR count). The molecule has 2 N–H and O–H groups in total. The highest BCUT2D eigenvalue weighted by Gasteiger charge is 2.35. The fourth-order valence-corrected chi connectivity index (χ4v) is 3.49. The normalized spacial score (nSPS) is 15.7. The minimum atomic E-state index is -0.483. The molecule has 1 fully saturated rings. The van der Waals surface area contributed by atoms with E-state index in [-0.39, 0.29) is 24.1 Å². The van der Waals surface area contributed by atoms with E-state index in [1.54, 1.807) is 41.3 Å². The van der Waals surface area contributed by atoms with Crippen LogP contribution in [0.3, 0.4) is 0 Å². The van der Waals surface area contributed by atoms with Crippen molar-refractivity contribution < 1.29 is 14.4 Å². The molecule has 0 radical (unpaired) electrons. The predicted molar refractivity (Wildman–Crippen MR) is 116 cm³/mol. The van der Waals surface area contributed by atoms with E-state index < -0.39 is 5.92 Å². The Bertz CT molecular complexity index is 1070. The van der Waals surface area contributed by atoms with Crippen LogP contribution >= 0.6 is 0 Å². The van der Waals surface area contributed by atoms with E-state index >= 15 is 0 Å².